The lowest BCUT2D eigenvalue weighted by atomic mass is 10.1. The minimum Gasteiger partial charge on any atom is -0.364 e. The summed E-state index contributed by atoms with van der Waals surface area (Å²) in [7, 11) is 1.83. The van der Waals surface area contributed by atoms with E-state index in [1.54, 1.807) is 0 Å². The highest BCUT2D eigenvalue weighted by Gasteiger charge is 2.26. The predicted molar refractivity (Wildman–Crippen MR) is 80.2 cm³/mol. The Bertz CT molecular complexity index is 452. The molecule has 1 aromatic heterocycles. The van der Waals surface area contributed by atoms with Crippen LogP contribution in [0.15, 0.2) is 6.33 Å². The van der Waals surface area contributed by atoms with Crippen molar-refractivity contribution in [3.63, 3.8) is 0 Å². The molecule has 7 heteroatoms. The first-order chi connectivity index (χ1) is 9.52. The Hall–Kier alpha value is -1.92. The normalized spacial score (nSPS) is 12.0. The van der Waals surface area contributed by atoms with Crippen LogP contribution in [0, 0.1) is 10.1 Å². The summed E-state index contributed by atoms with van der Waals surface area (Å²) in [6.07, 6.45) is 4.22. The minimum atomic E-state index is -0.414. The number of hydrogen-bond donors (Lipinski definition) is 1. The van der Waals surface area contributed by atoms with Crippen molar-refractivity contribution in [1.82, 2.24) is 9.97 Å². The maximum atomic E-state index is 11.3. The lowest BCUT2D eigenvalue weighted by molar-refractivity contribution is -0.383. The summed E-state index contributed by atoms with van der Waals surface area (Å²) in [5.74, 6) is 0.655. The second-order valence-corrected chi connectivity index (χ2v) is 4.83. The van der Waals surface area contributed by atoms with Crippen molar-refractivity contribution in [2.24, 2.45) is 0 Å². The van der Waals surface area contributed by atoms with Gasteiger partial charge in [0, 0.05) is 19.6 Å². The van der Waals surface area contributed by atoms with Gasteiger partial charge in [-0.2, -0.15) is 0 Å². The first kappa shape index (κ1) is 16.1. The Morgan fingerprint density at radius 1 is 1.40 bits per heavy atom. The van der Waals surface area contributed by atoms with Crippen molar-refractivity contribution in [2.75, 3.05) is 23.8 Å². The van der Waals surface area contributed by atoms with Crippen LogP contribution < -0.4 is 10.2 Å². The molecule has 20 heavy (non-hydrogen) atoms. The highest BCUT2D eigenvalue weighted by molar-refractivity contribution is 5.70. The number of aromatic nitrogens is 2. The Labute approximate surface area is 119 Å². The molecule has 0 saturated heterocycles. The molecule has 1 atom stereocenters. The van der Waals surface area contributed by atoms with E-state index in [4.69, 9.17) is 0 Å². The summed E-state index contributed by atoms with van der Waals surface area (Å²) in [5.41, 5.74) is -0.0496. The lowest BCUT2D eigenvalue weighted by Crippen LogP contribution is -2.30. The highest BCUT2D eigenvalue weighted by Crippen LogP contribution is 2.32. The van der Waals surface area contributed by atoms with E-state index in [1.807, 2.05) is 25.8 Å². The topological polar surface area (TPSA) is 84.2 Å². The molecular weight excluding hydrogens is 258 g/mol. The molecule has 1 unspecified atom stereocenters. The standard InChI is InChI=1S/C13H23N5O2/c1-5-7-10(3)17(4)13-11(18(19)20)12(14-8-6-2)15-9-16-13/h9-10H,5-8H2,1-4H3,(H,14,15,16). The van der Waals surface area contributed by atoms with Gasteiger partial charge in [0.15, 0.2) is 0 Å². The van der Waals surface area contributed by atoms with E-state index < -0.39 is 4.92 Å². The Balaban J connectivity index is 3.14. The fourth-order valence-electron chi connectivity index (χ4n) is 1.99. The largest absolute Gasteiger partial charge is 0.364 e. The van der Waals surface area contributed by atoms with E-state index in [-0.39, 0.29) is 17.5 Å². The van der Waals surface area contributed by atoms with Crippen molar-refractivity contribution < 1.29 is 4.92 Å². The Kier molecular flexibility index (Phi) is 6.14. The summed E-state index contributed by atoms with van der Waals surface area (Å²) in [5, 5.41) is 14.3. The van der Waals surface area contributed by atoms with Crippen LogP contribution in [0.5, 0.6) is 0 Å². The van der Waals surface area contributed by atoms with Gasteiger partial charge in [-0.1, -0.05) is 20.3 Å². The van der Waals surface area contributed by atoms with Gasteiger partial charge in [-0.25, -0.2) is 9.97 Å². The van der Waals surface area contributed by atoms with Crippen LogP contribution in [0.3, 0.4) is 0 Å². The summed E-state index contributed by atoms with van der Waals surface area (Å²) < 4.78 is 0. The Morgan fingerprint density at radius 3 is 2.65 bits per heavy atom. The number of nitro groups is 1. The van der Waals surface area contributed by atoms with Gasteiger partial charge in [0.05, 0.1) is 4.92 Å². The van der Waals surface area contributed by atoms with Gasteiger partial charge in [-0.3, -0.25) is 10.1 Å². The van der Waals surface area contributed by atoms with Gasteiger partial charge in [0.2, 0.25) is 11.6 Å². The zero-order chi connectivity index (χ0) is 15.1. The van der Waals surface area contributed by atoms with Crippen LogP contribution >= 0.6 is 0 Å². The second kappa shape index (κ2) is 7.62. The van der Waals surface area contributed by atoms with E-state index in [9.17, 15) is 10.1 Å². The van der Waals surface area contributed by atoms with Crippen LogP contribution in [0.1, 0.15) is 40.0 Å². The summed E-state index contributed by atoms with van der Waals surface area (Å²) in [6.45, 7) is 6.77. The number of rotatable bonds is 8. The maximum Gasteiger partial charge on any atom is 0.353 e. The minimum absolute atomic E-state index is 0.0496. The van der Waals surface area contributed by atoms with E-state index in [0.717, 1.165) is 19.3 Å². The van der Waals surface area contributed by atoms with Crippen LogP contribution in [-0.4, -0.2) is 34.5 Å². The van der Waals surface area contributed by atoms with Gasteiger partial charge >= 0.3 is 5.69 Å². The average Bonchev–Trinajstić information content (AvgIpc) is 2.43. The molecule has 0 bridgehead atoms. The molecule has 0 fully saturated rings. The summed E-state index contributed by atoms with van der Waals surface area (Å²) >= 11 is 0. The van der Waals surface area contributed by atoms with E-state index in [0.29, 0.717) is 12.4 Å². The molecular formula is C13H23N5O2. The van der Waals surface area contributed by atoms with E-state index >= 15 is 0 Å². The van der Waals surface area contributed by atoms with Crippen molar-refractivity contribution in [1.29, 1.82) is 0 Å². The molecule has 0 saturated carbocycles. The third kappa shape index (κ3) is 3.79. The molecule has 1 N–H and O–H groups in total. The molecule has 1 aromatic rings. The van der Waals surface area contributed by atoms with Crippen molar-refractivity contribution >= 4 is 17.3 Å². The molecule has 0 aliphatic carbocycles. The SMILES string of the molecule is CCCNc1ncnc(N(C)C(C)CCC)c1[N+](=O)[O-]. The average molecular weight is 281 g/mol. The number of nitrogens with zero attached hydrogens (tertiary/aromatic N) is 4. The van der Waals surface area contributed by atoms with Crippen LogP contribution in [0.4, 0.5) is 17.3 Å². The smallest absolute Gasteiger partial charge is 0.353 e. The molecule has 1 rings (SSSR count). The molecule has 0 spiro atoms. The number of nitrogens with one attached hydrogen (secondary N) is 1. The monoisotopic (exact) mass is 281 g/mol. The molecule has 0 aromatic carbocycles. The lowest BCUT2D eigenvalue weighted by Gasteiger charge is -2.25. The number of anilines is 2. The molecule has 0 radical (unpaired) electrons. The summed E-state index contributed by atoms with van der Waals surface area (Å²) in [4.78, 5) is 20.9. The molecule has 112 valence electrons. The number of hydrogen-bond acceptors (Lipinski definition) is 6. The predicted octanol–water partition coefficient (Wildman–Crippen LogP) is 2.83. The van der Waals surface area contributed by atoms with Crippen LogP contribution in [0.2, 0.25) is 0 Å². The van der Waals surface area contributed by atoms with Crippen LogP contribution in [0.25, 0.3) is 0 Å². The van der Waals surface area contributed by atoms with Gasteiger partial charge < -0.3 is 10.2 Å². The van der Waals surface area contributed by atoms with E-state index in [2.05, 4.69) is 22.2 Å². The van der Waals surface area contributed by atoms with Gasteiger partial charge in [0.25, 0.3) is 0 Å². The molecule has 0 aliphatic rings. The van der Waals surface area contributed by atoms with Crippen molar-refractivity contribution in [3.8, 4) is 0 Å². The zero-order valence-electron chi connectivity index (χ0n) is 12.6. The van der Waals surface area contributed by atoms with Gasteiger partial charge in [-0.15, -0.1) is 0 Å². The third-order valence-electron chi connectivity index (χ3n) is 3.23. The first-order valence-corrected chi connectivity index (χ1v) is 6.98. The second-order valence-electron chi connectivity index (χ2n) is 4.83. The van der Waals surface area contributed by atoms with Gasteiger partial charge in [0.1, 0.15) is 6.33 Å². The fraction of sp³-hybridized carbons (Fsp3) is 0.692. The summed E-state index contributed by atoms with van der Waals surface area (Å²) in [6, 6.07) is 0.188. The highest BCUT2D eigenvalue weighted by atomic mass is 16.6. The van der Waals surface area contributed by atoms with Crippen molar-refractivity contribution in [3.05, 3.63) is 16.4 Å². The van der Waals surface area contributed by atoms with Gasteiger partial charge in [-0.05, 0) is 19.8 Å². The third-order valence-corrected chi connectivity index (χ3v) is 3.23. The van der Waals surface area contributed by atoms with Crippen LogP contribution in [-0.2, 0) is 0 Å². The first-order valence-electron chi connectivity index (χ1n) is 6.98. The van der Waals surface area contributed by atoms with Crippen molar-refractivity contribution in [2.45, 2.75) is 46.1 Å². The molecule has 7 nitrogen and oxygen atoms in total. The maximum absolute atomic E-state index is 11.3. The molecule has 0 aliphatic heterocycles. The molecule has 0 amide bonds. The zero-order valence-corrected chi connectivity index (χ0v) is 12.6. The quantitative estimate of drug-likeness (QED) is 0.582. The van der Waals surface area contributed by atoms with E-state index in [1.165, 1.54) is 6.33 Å². The Morgan fingerprint density at radius 2 is 2.10 bits per heavy atom. The molecule has 1 heterocycles. The fourth-order valence-corrected chi connectivity index (χ4v) is 1.99.